The predicted octanol–water partition coefficient (Wildman–Crippen LogP) is 3.39. The topological polar surface area (TPSA) is 75.9 Å². The lowest BCUT2D eigenvalue weighted by atomic mass is 9.87. The van der Waals surface area contributed by atoms with E-state index in [9.17, 15) is 0 Å². The van der Waals surface area contributed by atoms with Crippen molar-refractivity contribution in [3.05, 3.63) is 36.7 Å². The SMILES string of the molecule is CSc1cnc(N[C@H]2C[C@H](Nc3nc4ccccc4o3)C2)nc1. The summed E-state index contributed by atoms with van der Waals surface area (Å²) in [5, 5.41) is 6.69. The molecule has 0 saturated heterocycles. The number of oxazole rings is 1. The smallest absolute Gasteiger partial charge is 0.295 e. The zero-order chi connectivity index (χ0) is 15.6. The molecule has 1 aliphatic rings. The molecule has 1 fully saturated rings. The third kappa shape index (κ3) is 3.10. The molecule has 7 heteroatoms. The zero-order valence-electron chi connectivity index (χ0n) is 12.7. The van der Waals surface area contributed by atoms with E-state index in [1.54, 1.807) is 11.8 Å². The van der Waals surface area contributed by atoms with Crippen LogP contribution in [-0.2, 0) is 0 Å². The number of nitrogens with zero attached hydrogens (tertiary/aromatic N) is 3. The normalized spacial score (nSPS) is 20.2. The summed E-state index contributed by atoms with van der Waals surface area (Å²) in [5.74, 6) is 0.688. The van der Waals surface area contributed by atoms with Gasteiger partial charge in [0.25, 0.3) is 6.01 Å². The van der Waals surface area contributed by atoms with Crippen molar-refractivity contribution < 1.29 is 4.42 Å². The van der Waals surface area contributed by atoms with Gasteiger partial charge in [0.1, 0.15) is 5.52 Å². The van der Waals surface area contributed by atoms with Crippen molar-refractivity contribution in [2.75, 3.05) is 16.9 Å². The number of hydrogen-bond donors (Lipinski definition) is 2. The number of fused-ring (bicyclic) bond motifs is 1. The Morgan fingerprint density at radius 2 is 1.83 bits per heavy atom. The molecule has 0 atom stereocenters. The quantitative estimate of drug-likeness (QED) is 0.696. The first-order valence-corrected chi connectivity index (χ1v) is 8.77. The van der Waals surface area contributed by atoms with Gasteiger partial charge in [-0.1, -0.05) is 12.1 Å². The summed E-state index contributed by atoms with van der Waals surface area (Å²) in [6, 6.07) is 9.13. The first-order chi connectivity index (χ1) is 11.3. The second-order valence-electron chi connectivity index (χ2n) is 5.59. The predicted molar refractivity (Wildman–Crippen MR) is 91.9 cm³/mol. The zero-order valence-corrected chi connectivity index (χ0v) is 13.5. The third-order valence-corrected chi connectivity index (χ3v) is 4.64. The van der Waals surface area contributed by atoms with Gasteiger partial charge in [0.05, 0.1) is 0 Å². The van der Waals surface area contributed by atoms with Crippen LogP contribution < -0.4 is 10.6 Å². The molecule has 23 heavy (non-hydrogen) atoms. The first-order valence-electron chi connectivity index (χ1n) is 7.55. The van der Waals surface area contributed by atoms with E-state index < -0.39 is 0 Å². The Labute approximate surface area is 138 Å². The van der Waals surface area contributed by atoms with Gasteiger partial charge in [-0.2, -0.15) is 4.98 Å². The molecule has 0 unspecified atom stereocenters. The molecule has 118 valence electrons. The van der Waals surface area contributed by atoms with E-state index >= 15 is 0 Å². The second kappa shape index (κ2) is 6.08. The van der Waals surface area contributed by atoms with Crippen molar-refractivity contribution >= 4 is 34.8 Å². The van der Waals surface area contributed by atoms with E-state index in [-0.39, 0.29) is 0 Å². The van der Waals surface area contributed by atoms with Crippen molar-refractivity contribution in [2.45, 2.75) is 29.8 Å². The lowest BCUT2D eigenvalue weighted by Crippen LogP contribution is -2.44. The summed E-state index contributed by atoms with van der Waals surface area (Å²) >= 11 is 1.64. The van der Waals surface area contributed by atoms with Gasteiger partial charge >= 0.3 is 0 Å². The highest BCUT2D eigenvalue weighted by molar-refractivity contribution is 7.98. The van der Waals surface area contributed by atoms with Gasteiger partial charge < -0.3 is 15.1 Å². The number of rotatable bonds is 5. The van der Waals surface area contributed by atoms with Crippen LogP contribution in [0.15, 0.2) is 46.0 Å². The molecule has 2 N–H and O–H groups in total. The van der Waals surface area contributed by atoms with E-state index in [0.717, 1.165) is 28.8 Å². The molecule has 2 aromatic heterocycles. The standard InChI is InChI=1S/C16H17N5OS/c1-23-12-8-17-15(18-9-12)19-10-6-11(7-10)20-16-21-13-4-2-3-5-14(13)22-16/h2-5,8-11H,6-7H2,1H3,(H,20,21)(H,17,18,19)/t10-,11-. The van der Waals surface area contributed by atoms with Crippen molar-refractivity contribution in [2.24, 2.45) is 0 Å². The Kier molecular flexibility index (Phi) is 3.78. The number of thioether (sulfide) groups is 1. The number of nitrogens with one attached hydrogen (secondary N) is 2. The average Bonchev–Trinajstić information content (AvgIpc) is 2.96. The van der Waals surface area contributed by atoms with E-state index in [1.807, 2.05) is 42.9 Å². The van der Waals surface area contributed by atoms with Crippen LogP contribution in [-0.4, -0.2) is 33.3 Å². The number of para-hydroxylation sites is 2. The van der Waals surface area contributed by atoms with Crippen LogP contribution in [0.4, 0.5) is 12.0 Å². The van der Waals surface area contributed by atoms with Crippen LogP contribution in [0.5, 0.6) is 0 Å². The van der Waals surface area contributed by atoms with Crippen molar-refractivity contribution in [3.63, 3.8) is 0 Å². The molecule has 3 aromatic rings. The third-order valence-electron chi connectivity index (χ3n) is 3.96. The fraction of sp³-hybridized carbons (Fsp3) is 0.312. The molecule has 6 nitrogen and oxygen atoms in total. The van der Waals surface area contributed by atoms with Crippen LogP contribution in [0.2, 0.25) is 0 Å². The number of anilines is 2. The highest BCUT2D eigenvalue weighted by atomic mass is 32.2. The van der Waals surface area contributed by atoms with Crippen LogP contribution in [0.25, 0.3) is 11.1 Å². The molecule has 0 aliphatic heterocycles. The van der Waals surface area contributed by atoms with E-state index in [2.05, 4.69) is 25.6 Å². The van der Waals surface area contributed by atoms with Gasteiger partial charge in [-0.15, -0.1) is 11.8 Å². The lowest BCUT2D eigenvalue weighted by Gasteiger charge is -2.35. The molecule has 0 amide bonds. The molecule has 2 heterocycles. The maximum atomic E-state index is 5.68. The summed E-state index contributed by atoms with van der Waals surface area (Å²) in [4.78, 5) is 14.1. The maximum Gasteiger partial charge on any atom is 0.295 e. The van der Waals surface area contributed by atoms with Crippen molar-refractivity contribution in [1.29, 1.82) is 0 Å². The van der Waals surface area contributed by atoms with Gasteiger partial charge in [-0.05, 0) is 31.2 Å². The molecule has 1 saturated carbocycles. The molecule has 0 spiro atoms. The number of hydrogen-bond acceptors (Lipinski definition) is 7. The maximum absolute atomic E-state index is 5.68. The van der Waals surface area contributed by atoms with Gasteiger partial charge in [-0.3, -0.25) is 0 Å². The largest absolute Gasteiger partial charge is 0.424 e. The molecule has 0 bridgehead atoms. The van der Waals surface area contributed by atoms with Crippen molar-refractivity contribution in [3.8, 4) is 0 Å². The van der Waals surface area contributed by atoms with Crippen LogP contribution in [0.3, 0.4) is 0 Å². The van der Waals surface area contributed by atoms with Crippen LogP contribution >= 0.6 is 11.8 Å². The number of aromatic nitrogens is 3. The lowest BCUT2D eigenvalue weighted by molar-refractivity contribution is 0.387. The minimum Gasteiger partial charge on any atom is -0.424 e. The van der Waals surface area contributed by atoms with E-state index in [1.165, 1.54) is 0 Å². The Morgan fingerprint density at radius 3 is 2.57 bits per heavy atom. The number of benzene rings is 1. The highest BCUT2D eigenvalue weighted by Crippen LogP contribution is 2.27. The summed E-state index contributed by atoms with van der Waals surface area (Å²) in [7, 11) is 0. The molecule has 1 aromatic carbocycles. The van der Waals surface area contributed by atoms with E-state index in [4.69, 9.17) is 4.42 Å². The van der Waals surface area contributed by atoms with Crippen LogP contribution in [0.1, 0.15) is 12.8 Å². The minimum absolute atomic E-state index is 0.367. The van der Waals surface area contributed by atoms with Gasteiger partial charge in [0.2, 0.25) is 5.95 Å². The van der Waals surface area contributed by atoms with Crippen LogP contribution in [0, 0.1) is 0 Å². The average molecular weight is 327 g/mol. The van der Waals surface area contributed by atoms with E-state index in [0.29, 0.717) is 24.0 Å². The first kappa shape index (κ1) is 14.3. The molecule has 0 radical (unpaired) electrons. The molecule has 1 aliphatic carbocycles. The Bertz CT molecular complexity index is 765. The highest BCUT2D eigenvalue weighted by Gasteiger charge is 2.30. The monoisotopic (exact) mass is 327 g/mol. The molecule has 4 rings (SSSR count). The summed E-state index contributed by atoms with van der Waals surface area (Å²) in [5.41, 5.74) is 1.69. The Morgan fingerprint density at radius 1 is 1.09 bits per heavy atom. The molecular weight excluding hydrogens is 310 g/mol. The van der Waals surface area contributed by atoms with Gasteiger partial charge in [0.15, 0.2) is 5.58 Å². The van der Waals surface area contributed by atoms with Gasteiger partial charge in [-0.25, -0.2) is 9.97 Å². The summed E-state index contributed by atoms with van der Waals surface area (Å²) in [6.07, 6.45) is 7.68. The summed E-state index contributed by atoms with van der Waals surface area (Å²) in [6.45, 7) is 0. The molecular formula is C16H17N5OS. The minimum atomic E-state index is 0.367. The van der Waals surface area contributed by atoms with Crippen molar-refractivity contribution in [1.82, 2.24) is 15.0 Å². The second-order valence-corrected chi connectivity index (χ2v) is 6.47. The van der Waals surface area contributed by atoms with Gasteiger partial charge in [0, 0.05) is 29.4 Å². The Balaban J connectivity index is 1.30. The summed E-state index contributed by atoms with van der Waals surface area (Å²) < 4.78 is 5.68. The fourth-order valence-corrected chi connectivity index (χ4v) is 2.96. The fourth-order valence-electron chi connectivity index (χ4n) is 2.64. The Hall–Kier alpha value is -2.28.